The van der Waals surface area contributed by atoms with Gasteiger partial charge in [0.25, 0.3) is 0 Å². The molecule has 0 radical (unpaired) electrons. The average Bonchev–Trinajstić information content (AvgIpc) is 4.14. The third kappa shape index (κ3) is 5.13. The van der Waals surface area contributed by atoms with Crippen molar-refractivity contribution in [1.82, 2.24) is 0 Å². The summed E-state index contributed by atoms with van der Waals surface area (Å²) in [6, 6.07) is 79.8. The van der Waals surface area contributed by atoms with Crippen molar-refractivity contribution >= 4 is 66.0 Å². The molecule has 12 aromatic rings. The summed E-state index contributed by atoms with van der Waals surface area (Å²) in [7, 11) is 0. The molecule has 2 aromatic heterocycles. The summed E-state index contributed by atoms with van der Waals surface area (Å²) in [5.74, 6) is 0.320. The van der Waals surface area contributed by atoms with Crippen molar-refractivity contribution in [3.8, 4) is 33.4 Å². The van der Waals surface area contributed by atoms with Gasteiger partial charge in [-0.3, -0.25) is 0 Å². The molecule has 2 atom stereocenters. The van der Waals surface area contributed by atoms with E-state index in [0.29, 0.717) is 0 Å². The maximum absolute atomic E-state index is 6.62. The Bertz CT molecular complexity index is 4080. The van der Waals surface area contributed by atoms with Crippen molar-refractivity contribution in [1.29, 1.82) is 0 Å². The van der Waals surface area contributed by atoms with Crippen LogP contribution in [0.2, 0.25) is 0 Å². The minimum atomic E-state index is -0.358. The van der Waals surface area contributed by atoms with Crippen LogP contribution in [0, 0.1) is 5.92 Å². The molecule has 318 valence electrons. The first kappa shape index (κ1) is 37.5. The topological polar surface area (TPSA) is 29.5 Å². The van der Waals surface area contributed by atoms with Crippen molar-refractivity contribution in [3.05, 3.63) is 265 Å². The second-order valence-electron chi connectivity index (χ2n) is 18.6. The summed E-state index contributed by atoms with van der Waals surface area (Å²) in [5.41, 5.74) is 19.4. The molecule has 3 nitrogen and oxygen atoms in total. The maximum Gasteiger partial charge on any atom is 0.143 e. The van der Waals surface area contributed by atoms with Crippen LogP contribution in [0.1, 0.15) is 28.2 Å². The zero-order valence-electron chi connectivity index (χ0n) is 36.9. The van der Waals surface area contributed by atoms with Gasteiger partial charge in [-0.15, -0.1) is 0 Å². The summed E-state index contributed by atoms with van der Waals surface area (Å²) < 4.78 is 13.0. The number of para-hydroxylation sites is 2. The van der Waals surface area contributed by atoms with E-state index in [9.17, 15) is 0 Å². The molecule has 2 unspecified atom stereocenters. The van der Waals surface area contributed by atoms with Crippen molar-refractivity contribution < 1.29 is 8.83 Å². The minimum absolute atomic E-state index is 0.120. The Morgan fingerprint density at radius 2 is 1.07 bits per heavy atom. The molecule has 0 saturated heterocycles. The quantitative estimate of drug-likeness (QED) is 0.173. The smallest absolute Gasteiger partial charge is 0.143 e. The molecule has 2 heterocycles. The summed E-state index contributed by atoms with van der Waals surface area (Å²) in [6.07, 6.45) is 7.47. The van der Waals surface area contributed by atoms with E-state index in [0.717, 1.165) is 88.6 Å². The molecule has 0 amide bonds. The number of benzene rings is 10. The molecule has 0 bridgehead atoms. The number of nitrogens with zero attached hydrogens (tertiary/aromatic N) is 1. The molecule has 68 heavy (non-hydrogen) atoms. The van der Waals surface area contributed by atoms with Crippen molar-refractivity contribution in [2.24, 2.45) is 5.92 Å². The monoisotopic (exact) mass is 867 g/mol. The van der Waals surface area contributed by atoms with Crippen LogP contribution in [0.5, 0.6) is 0 Å². The SMILES string of the molecule is C1=CC2c3ccccc3C3(c4ccccc4-c4ccccc43)C2C=C1N(c1ccc(-c2cccc3oc4ccccc4c23)cc1)c1ccccc1-c1ccc2oc3c4ccccc4ccc3c2c1. The third-order valence-corrected chi connectivity index (χ3v) is 15.4. The van der Waals surface area contributed by atoms with Gasteiger partial charge >= 0.3 is 0 Å². The second kappa shape index (κ2) is 14.2. The molecule has 3 aliphatic rings. The fourth-order valence-electron chi connectivity index (χ4n) is 12.6. The Kier molecular flexibility index (Phi) is 7.83. The molecule has 0 fully saturated rings. The van der Waals surface area contributed by atoms with Gasteiger partial charge in [0.1, 0.15) is 22.3 Å². The van der Waals surface area contributed by atoms with E-state index in [1.54, 1.807) is 0 Å². The molecule has 0 N–H and O–H groups in total. The van der Waals surface area contributed by atoms with Gasteiger partial charge in [0.15, 0.2) is 0 Å². The van der Waals surface area contributed by atoms with Crippen LogP contribution in [0.3, 0.4) is 0 Å². The largest absolute Gasteiger partial charge is 0.456 e. The zero-order valence-corrected chi connectivity index (χ0v) is 36.9. The summed E-state index contributed by atoms with van der Waals surface area (Å²) in [5, 5.41) is 6.80. The van der Waals surface area contributed by atoms with E-state index in [-0.39, 0.29) is 17.3 Å². The van der Waals surface area contributed by atoms with Gasteiger partial charge in [-0.05, 0) is 110 Å². The lowest BCUT2D eigenvalue weighted by Gasteiger charge is -2.38. The van der Waals surface area contributed by atoms with Gasteiger partial charge in [-0.2, -0.15) is 0 Å². The van der Waals surface area contributed by atoms with E-state index < -0.39 is 0 Å². The van der Waals surface area contributed by atoms with Crippen molar-refractivity contribution in [2.75, 3.05) is 4.90 Å². The van der Waals surface area contributed by atoms with Gasteiger partial charge in [0.2, 0.25) is 0 Å². The Labute approximate surface area is 393 Å². The number of anilines is 2. The van der Waals surface area contributed by atoms with E-state index in [2.05, 4.69) is 235 Å². The summed E-state index contributed by atoms with van der Waals surface area (Å²) in [4.78, 5) is 2.49. The fraction of sp³-hybridized carbons (Fsp3) is 0.0462. The standard InChI is InChI=1S/C65H41NO2/c1-2-16-47-40(14-1)30-35-52-54-38-42(31-37-61(54)68-64(47)52)45-15-6-11-25-59(45)66(43-32-28-41(29-33-43)46-21-13-27-62-63(46)53-20-7-12-26-60(53)67-62)44-34-36-51-50-19-5-10-24-57(50)65(58(51)39-44)55-22-8-3-17-48(55)49-18-4-9-23-56(49)65/h1-39,51,58H. The molecule has 10 aromatic carbocycles. The lowest BCUT2D eigenvalue weighted by molar-refractivity contribution is 0.462. The molecule has 15 rings (SSSR count). The maximum atomic E-state index is 6.62. The zero-order chi connectivity index (χ0) is 44.5. The van der Waals surface area contributed by atoms with Crippen LogP contribution >= 0.6 is 0 Å². The number of hydrogen-bond donors (Lipinski definition) is 0. The van der Waals surface area contributed by atoms with E-state index in [1.165, 1.54) is 38.8 Å². The van der Waals surface area contributed by atoms with Gasteiger partial charge in [-0.1, -0.05) is 182 Å². The first-order valence-electron chi connectivity index (χ1n) is 23.7. The number of hydrogen-bond acceptors (Lipinski definition) is 3. The minimum Gasteiger partial charge on any atom is -0.456 e. The molecule has 1 spiro atoms. The van der Waals surface area contributed by atoms with Crippen molar-refractivity contribution in [2.45, 2.75) is 11.3 Å². The normalized spacial score (nSPS) is 16.4. The average molecular weight is 868 g/mol. The number of furan rings is 2. The summed E-state index contributed by atoms with van der Waals surface area (Å²) in [6.45, 7) is 0. The number of fused-ring (bicyclic) bond motifs is 18. The van der Waals surface area contributed by atoms with Crippen LogP contribution in [0.4, 0.5) is 11.4 Å². The third-order valence-electron chi connectivity index (χ3n) is 15.4. The fourth-order valence-corrected chi connectivity index (χ4v) is 12.6. The lowest BCUT2D eigenvalue weighted by atomic mass is 9.65. The van der Waals surface area contributed by atoms with Crippen molar-refractivity contribution in [3.63, 3.8) is 0 Å². The Hall–Kier alpha value is -8.66. The highest BCUT2D eigenvalue weighted by Gasteiger charge is 2.57. The first-order chi connectivity index (χ1) is 33.7. The highest BCUT2D eigenvalue weighted by Crippen LogP contribution is 2.65. The highest BCUT2D eigenvalue weighted by molar-refractivity contribution is 6.16. The van der Waals surface area contributed by atoms with Crippen LogP contribution in [-0.2, 0) is 5.41 Å². The Morgan fingerprint density at radius 3 is 1.91 bits per heavy atom. The molecule has 0 saturated carbocycles. The molecular weight excluding hydrogens is 827 g/mol. The van der Waals surface area contributed by atoms with E-state index in [4.69, 9.17) is 8.83 Å². The molecule has 3 heteroatoms. The molecule has 3 aliphatic carbocycles. The van der Waals surface area contributed by atoms with Crippen LogP contribution < -0.4 is 4.90 Å². The van der Waals surface area contributed by atoms with Gasteiger partial charge in [-0.25, -0.2) is 0 Å². The lowest BCUT2D eigenvalue weighted by Crippen LogP contribution is -2.34. The summed E-state index contributed by atoms with van der Waals surface area (Å²) >= 11 is 0. The predicted octanol–water partition coefficient (Wildman–Crippen LogP) is 17.3. The number of allylic oxidation sites excluding steroid dienone is 3. The van der Waals surface area contributed by atoms with E-state index >= 15 is 0 Å². The predicted molar refractivity (Wildman–Crippen MR) is 280 cm³/mol. The van der Waals surface area contributed by atoms with Gasteiger partial charge in [0.05, 0.1) is 11.1 Å². The van der Waals surface area contributed by atoms with Gasteiger partial charge in [0, 0.05) is 55.7 Å². The molecule has 0 aliphatic heterocycles. The second-order valence-corrected chi connectivity index (χ2v) is 18.6. The first-order valence-corrected chi connectivity index (χ1v) is 23.7. The molecular formula is C65H41NO2. The Morgan fingerprint density at radius 1 is 0.426 bits per heavy atom. The number of rotatable bonds is 5. The Balaban J connectivity index is 0.941. The van der Waals surface area contributed by atoms with Crippen LogP contribution in [0.25, 0.3) is 88.0 Å². The van der Waals surface area contributed by atoms with E-state index in [1.807, 2.05) is 6.07 Å². The van der Waals surface area contributed by atoms with Crippen LogP contribution in [0.15, 0.2) is 251 Å². The van der Waals surface area contributed by atoms with Gasteiger partial charge < -0.3 is 13.7 Å². The highest BCUT2D eigenvalue weighted by atomic mass is 16.3. The van der Waals surface area contributed by atoms with Crippen LogP contribution in [-0.4, -0.2) is 0 Å².